The molecule has 2 rings (SSSR count). The highest BCUT2D eigenvalue weighted by molar-refractivity contribution is 9.09. The van der Waals surface area contributed by atoms with Crippen molar-refractivity contribution in [3.05, 3.63) is 22.6 Å². The Hall–Kier alpha value is -1.37. The zero-order valence-corrected chi connectivity index (χ0v) is 10.6. The number of H-pyrrole nitrogens is 1. The maximum absolute atomic E-state index is 11.3. The van der Waals surface area contributed by atoms with Gasteiger partial charge in [0.1, 0.15) is 5.82 Å². The Labute approximate surface area is 100 Å². The van der Waals surface area contributed by atoms with Crippen molar-refractivity contribution in [1.82, 2.24) is 19.8 Å². The van der Waals surface area contributed by atoms with Crippen LogP contribution in [0.25, 0.3) is 5.65 Å². The van der Waals surface area contributed by atoms with Gasteiger partial charge in [0.15, 0.2) is 5.65 Å². The van der Waals surface area contributed by atoms with Gasteiger partial charge >= 0.3 is 5.69 Å². The molecule has 0 amide bonds. The van der Waals surface area contributed by atoms with Crippen LogP contribution in [-0.2, 0) is 0 Å². The van der Waals surface area contributed by atoms with Gasteiger partial charge in [0.25, 0.3) is 0 Å². The average molecular weight is 286 g/mol. The van der Waals surface area contributed by atoms with E-state index in [2.05, 4.69) is 38.1 Å². The minimum absolute atomic E-state index is 0.299. The molecule has 2 heterocycles. The van der Waals surface area contributed by atoms with E-state index in [9.17, 15) is 4.79 Å². The molecule has 1 atom stereocenters. The van der Waals surface area contributed by atoms with Crippen molar-refractivity contribution in [2.75, 3.05) is 17.3 Å². The topological polar surface area (TPSA) is 66.3 Å². The van der Waals surface area contributed by atoms with E-state index in [1.54, 1.807) is 6.07 Å². The fourth-order valence-electron chi connectivity index (χ4n) is 1.31. The van der Waals surface area contributed by atoms with Crippen LogP contribution in [0.2, 0.25) is 0 Å². The Bertz CT molecular complexity index is 548. The number of fused-ring (bicyclic) bond motifs is 1. The van der Waals surface area contributed by atoms with Crippen LogP contribution in [0.1, 0.15) is 6.92 Å². The van der Waals surface area contributed by atoms with Gasteiger partial charge in [-0.1, -0.05) is 15.9 Å². The summed E-state index contributed by atoms with van der Waals surface area (Å²) in [6.45, 7) is 2.07. The molecule has 0 aliphatic rings. The molecular formula is C9H12BrN5O. The third kappa shape index (κ3) is 1.82. The first-order valence-corrected chi connectivity index (χ1v) is 5.99. The molecule has 6 nitrogen and oxygen atoms in total. The number of anilines is 1. The molecule has 0 bridgehead atoms. The summed E-state index contributed by atoms with van der Waals surface area (Å²) >= 11 is 3.41. The summed E-state index contributed by atoms with van der Waals surface area (Å²) in [4.78, 5) is 13.3. The summed E-state index contributed by atoms with van der Waals surface area (Å²) in [6, 6.07) is 3.90. The first kappa shape index (κ1) is 11.1. The fourth-order valence-corrected chi connectivity index (χ4v) is 1.74. The van der Waals surface area contributed by atoms with E-state index in [1.807, 2.05) is 18.0 Å². The Kier molecular flexibility index (Phi) is 2.95. The van der Waals surface area contributed by atoms with Gasteiger partial charge in [-0.05, 0) is 19.1 Å². The van der Waals surface area contributed by atoms with Crippen LogP contribution in [0.15, 0.2) is 16.9 Å². The largest absolute Gasteiger partial charge is 0.364 e. The lowest BCUT2D eigenvalue weighted by Crippen LogP contribution is -2.31. The van der Waals surface area contributed by atoms with Gasteiger partial charge in [-0.2, -0.15) is 9.61 Å². The van der Waals surface area contributed by atoms with Crippen molar-refractivity contribution in [2.24, 2.45) is 0 Å². The summed E-state index contributed by atoms with van der Waals surface area (Å²) < 4.78 is 1.26. The number of aromatic nitrogens is 4. The monoisotopic (exact) mass is 285 g/mol. The number of nitrogens with zero attached hydrogens (tertiary/aromatic N) is 4. The van der Waals surface area contributed by atoms with Crippen molar-refractivity contribution < 1.29 is 0 Å². The molecule has 0 radical (unpaired) electrons. The molecule has 1 N–H and O–H groups in total. The van der Waals surface area contributed by atoms with Crippen LogP contribution in [0.5, 0.6) is 0 Å². The number of nitrogens with one attached hydrogen (secondary N) is 1. The van der Waals surface area contributed by atoms with Crippen LogP contribution in [0.3, 0.4) is 0 Å². The van der Waals surface area contributed by atoms with Gasteiger partial charge < -0.3 is 4.90 Å². The highest BCUT2D eigenvalue weighted by Crippen LogP contribution is 2.12. The number of hydrogen-bond donors (Lipinski definition) is 1. The first-order chi connectivity index (χ1) is 7.63. The van der Waals surface area contributed by atoms with Crippen LogP contribution in [0, 0.1) is 0 Å². The van der Waals surface area contributed by atoms with Gasteiger partial charge in [0, 0.05) is 18.4 Å². The summed E-state index contributed by atoms with van der Waals surface area (Å²) in [7, 11) is 1.94. The number of hydrogen-bond acceptors (Lipinski definition) is 4. The van der Waals surface area contributed by atoms with Crippen LogP contribution in [0.4, 0.5) is 5.82 Å². The third-order valence-corrected chi connectivity index (χ3v) is 3.44. The maximum atomic E-state index is 11.3. The van der Waals surface area contributed by atoms with Crippen molar-refractivity contribution in [2.45, 2.75) is 13.0 Å². The summed E-state index contributed by atoms with van der Waals surface area (Å²) in [5.41, 5.74) is 0.199. The molecule has 0 aliphatic carbocycles. The number of rotatable bonds is 3. The van der Waals surface area contributed by atoms with Gasteiger partial charge in [0.2, 0.25) is 0 Å². The minimum Gasteiger partial charge on any atom is -0.355 e. The second kappa shape index (κ2) is 4.25. The molecule has 0 saturated carbocycles. The van der Waals surface area contributed by atoms with E-state index in [1.165, 1.54) is 4.52 Å². The van der Waals surface area contributed by atoms with Crippen molar-refractivity contribution in [3.8, 4) is 0 Å². The lowest BCUT2D eigenvalue weighted by atomic mass is 10.3. The van der Waals surface area contributed by atoms with Crippen molar-refractivity contribution in [1.29, 1.82) is 0 Å². The smallest absolute Gasteiger partial charge is 0.355 e. The molecule has 0 fully saturated rings. The molecule has 1 unspecified atom stereocenters. The quantitative estimate of drug-likeness (QED) is 0.841. The Balaban J connectivity index is 2.46. The van der Waals surface area contributed by atoms with Gasteiger partial charge in [-0.3, -0.25) is 0 Å². The minimum atomic E-state index is -0.322. The van der Waals surface area contributed by atoms with Crippen LogP contribution in [-0.4, -0.2) is 38.2 Å². The molecule has 0 aromatic carbocycles. The first-order valence-electron chi connectivity index (χ1n) is 4.86. The lowest BCUT2D eigenvalue weighted by molar-refractivity contribution is 0.735. The number of aromatic amines is 1. The second-order valence-electron chi connectivity index (χ2n) is 3.60. The molecular weight excluding hydrogens is 274 g/mol. The van der Waals surface area contributed by atoms with Crippen LogP contribution >= 0.6 is 15.9 Å². The molecule has 86 valence electrons. The molecule has 0 aliphatic heterocycles. The highest BCUT2D eigenvalue weighted by Gasteiger charge is 2.11. The summed E-state index contributed by atoms with van der Waals surface area (Å²) in [5.74, 6) is 0.739. The molecule has 16 heavy (non-hydrogen) atoms. The van der Waals surface area contributed by atoms with E-state index in [0.29, 0.717) is 11.7 Å². The molecule has 0 spiro atoms. The van der Waals surface area contributed by atoms with E-state index < -0.39 is 0 Å². The fraction of sp³-hybridized carbons (Fsp3) is 0.444. The van der Waals surface area contributed by atoms with Crippen LogP contribution < -0.4 is 10.6 Å². The standard InChI is InChI=1S/C9H12BrN5O/c1-6(5-10)14(2)8-4-3-7-11-12-9(16)15(7)13-8/h3-4,6H,5H2,1-2H3,(H,12,16). The Morgan fingerprint density at radius 1 is 1.62 bits per heavy atom. The summed E-state index contributed by atoms with van der Waals surface area (Å²) in [6.07, 6.45) is 0. The Morgan fingerprint density at radius 3 is 3.06 bits per heavy atom. The summed E-state index contributed by atoms with van der Waals surface area (Å²) in [5, 5.41) is 11.2. The zero-order chi connectivity index (χ0) is 11.7. The second-order valence-corrected chi connectivity index (χ2v) is 4.25. The van der Waals surface area contributed by atoms with E-state index >= 15 is 0 Å². The normalized spacial score (nSPS) is 12.9. The van der Waals surface area contributed by atoms with E-state index in [4.69, 9.17) is 0 Å². The lowest BCUT2D eigenvalue weighted by Gasteiger charge is -2.23. The number of alkyl halides is 1. The van der Waals surface area contributed by atoms with Gasteiger partial charge in [-0.25, -0.2) is 9.89 Å². The maximum Gasteiger partial charge on any atom is 0.364 e. The predicted octanol–water partition coefficient (Wildman–Crippen LogP) is 0.637. The van der Waals surface area contributed by atoms with Crippen molar-refractivity contribution in [3.63, 3.8) is 0 Å². The average Bonchev–Trinajstić information content (AvgIpc) is 2.68. The molecule has 2 aromatic rings. The third-order valence-electron chi connectivity index (χ3n) is 2.51. The Morgan fingerprint density at radius 2 is 2.38 bits per heavy atom. The zero-order valence-electron chi connectivity index (χ0n) is 9.01. The van der Waals surface area contributed by atoms with Gasteiger partial charge in [-0.15, -0.1) is 5.10 Å². The molecule has 0 saturated heterocycles. The molecule has 2 aromatic heterocycles. The predicted molar refractivity (Wildman–Crippen MR) is 65.3 cm³/mol. The highest BCUT2D eigenvalue weighted by atomic mass is 79.9. The van der Waals surface area contributed by atoms with E-state index in [-0.39, 0.29) is 5.69 Å². The van der Waals surface area contributed by atoms with Gasteiger partial charge in [0.05, 0.1) is 0 Å². The SMILES string of the molecule is CC(CBr)N(C)c1ccc2n[nH]c(=O)n2n1. The van der Waals surface area contributed by atoms with E-state index in [0.717, 1.165) is 11.1 Å². The molecule has 7 heteroatoms. The van der Waals surface area contributed by atoms with Crippen molar-refractivity contribution >= 4 is 27.4 Å². The number of halogens is 1.